The second kappa shape index (κ2) is 8.87. The molecule has 7 heteroatoms. The second-order valence-electron chi connectivity index (χ2n) is 6.50. The summed E-state index contributed by atoms with van der Waals surface area (Å²) in [4.78, 5) is 37.1. The summed E-state index contributed by atoms with van der Waals surface area (Å²) in [5.74, 6) is -1.03. The normalized spacial score (nSPS) is 10.6. The number of anilines is 2. The van der Waals surface area contributed by atoms with E-state index in [0.717, 1.165) is 27.8 Å². The third kappa shape index (κ3) is 4.63. The Morgan fingerprint density at radius 2 is 1.79 bits per heavy atom. The van der Waals surface area contributed by atoms with Gasteiger partial charge in [-0.25, -0.2) is 4.79 Å². The van der Waals surface area contributed by atoms with Gasteiger partial charge in [0, 0.05) is 5.69 Å². The van der Waals surface area contributed by atoms with E-state index in [1.165, 1.54) is 6.92 Å². The number of benzene rings is 2. The van der Waals surface area contributed by atoms with Crippen LogP contribution in [0.15, 0.2) is 42.5 Å². The molecular weight excluding hydrogens is 388 g/mol. The summed E-state index contributed by atoms with van der Waals surface area (Å²) < 4.78 is 5.08. The first-order chi connectivity index (χ1) is 13.9. The Bertz CT molecular complexity index is 1090. The molecule has 29 heavy (non-hydrogen) atoms. The Kier molecular flexibility index (Phi) is 6.29. The molecule has 0 fully saturated rings. The first-order valence-corrected chi connectivity index (χ1v) is 10.1. The maximum absolute atomic E-state index is 12.5. The summed E-state index contributed by atoms with van der Waals surface area (Å²) in [6.07, 6.45) is 0. The highest BCUT2D eigenvalue weighted by Crippen LogP contribution is 2.34. The monoisotopic (exact) mass is 410 g/mol. The van der Waals surface area contributed by atoms with Crippen LogP contribution in [0.2, 0.25) is 0 Å². The largest absolute Gasteiger partial charge is 0.462 e. The van der Waals surface area contributed by atoms with Crippen molar-refractivity contribution in [2.75, 3.05) is 23.8 Å². The number of ketones is 1. The molecule has 0 aliphatic carbocycles. The second-order valence-corrected chi connectivity index (χ2v) is 7.52. The quantitative estimate of drug-likeness (QED) is 0.438. The molecule has 1 aromatic heterocycles. The van der Waals surface area contributed by atoms with Crippen LogP contribution in [0, 0.1) is 6.92 Å². The number of ether oxygens (including phenoxy) is 1. The van der Waals surface area contributed by atoms with Crippen molar-refractivity contribution >= 4 is 50.5 Å². The smallest absolute Gasteiger partial charge is 0.341 e. The van der Waals surface area contributed by atoms with Gasteiger partial charge in [-0.1, -0.05) is 30.3 Å². The van der Waals surface area contributed by atoms with Crippen molar-refractivity contribution in [2.45, 2.75) is 20.8 Å². The van der Waals surface area contributed by atoms with Crippen LogP contribution in [0.3, 0.4) is 0 Å². The van der Waals surface area contributed by atoms with Crippen molar-refractivity contribution in [3.63, 3.8) is 0 Å². The van der Waals surface area contributed by atoms with E-state index >= 15 is 0 Å². The van der Waals surface area contributed by atoms with Crippen molar-refractivity contribution in [1.82, 2.24) is 0 Å². The van der Waals surface area contributed by atoms with Crippen molar-refractivity contribution < 1.29 is 19.1 Å². The summed E-state index contributed by atoms with van der Waals surface area (Å²) in [6, 6.07) is 13.8. The number of Topliss-reactive ketones (excluding diaryl/α,β-unsaturated/α-hetero) is 1. The Morgan fingerprint density at radius 1 is 1.07 bits per heavy atom. The van der Waals surface area contributed by atoms with E-state index in [-0.39, 0.29) is 30.4 Å². The van der Waals surface area contributed by atoms with E-state index in [9.17, 15) is 14.4 Å². The molecule has 150 valence electrons. The van der Waals surface area contributed by atoms with Crippen LogP contribution >= 0.6 is 11.3 Å². The Labute approximate surface area is 172 Å². The van der Waals surface area contributed by atoms with Gasteiger partial charge < -0.3 is 15.4 Å². The minimum atomic E-state index is -0.550. The number of esters is 1. The first kappa shape index (κ1) is 20.5. The Hall–Kier alpha value is -3.19. The van der Waals surface area contributed by atoms with Gasteiger partial charge in [0.25, 0.3) is 0 Å². The fourth-order valence-corrected chi connectivity index (χ4v) is 4.15. The maximum atomic E-state index is 12.5. The zero-order valence-electron chi connectivity index (χ0n) is 16.5. The molecule has 0 aliphatic rings. The van der Waals surface area contributed by atoms with Crippen LogP contribution in [0.4, 0.5) is 10.7 Å². The number of carbonyl (C=O) groups excluding carboxylic acids is 3. The standard InChI is InChI=1S/C22H22N2O4S/c1-4-28-22(27)19-13(2)20(14(3)25)29-21(19)24-18(26)12-23-17-10-9-15-7-5-6-8-16(15)11-17/h5-11,23H,4,12H2,1-3H3,(H,24,26). The topological polar surface area (TPSA) is 84.5 Å². The number of thiophene rings is 1. The third-order valence-electron chi connectivity index (χ3n) is 4.40. The van der Waals surface area contributed by atoms with Crippen LogP contribution in [0.25, 0.3) is 10.8 Å². The highest BCUT2D eigenvalue weighted by atomic mass is 32.1. The van der Waals surface area contributed by atoms with Crippen LogP contribution in [-0.2, 0) is 9.53 Å². The first-order valence-electron chi connectivity index (χ1n) is 9.24. The van der Waals surface area contributed by atoms with E-state index in [0.29, 0.717) is 15.4 Å². The fraction of sp³-hybridized carbons (Fsp3) is 0.227. The fourth-order valence-electron chi connectivity index (χ4n) is 3.04. The molecule has 6 nitrogen and oxygen atoms in total. The molecule has 1 heterocycles. The minimum Gasteiger partial charge on any atom is -0.462 e. The van der Waals surface area contributed by atoms with Crippen molar-refractivity contribution in [2.24, 2.45) is 0 Å². The van der Waals surface area contributed by atoms with Crippen LogP contribution in [-0.4, -0.2) is 30.8 Å². The average molecular weight is 410 g/mol. The van der Waals surface area contributed by atoms with Gasteiger partial charge in [0.2, 0.25) is 5.91 Å². The molecule has 0 atom stereocenters. The predicted octanol–water partition coefficient (Wildman–Crippen LogP) is 4.64. The van der Waals surface area contributed by atoms with Crippen LogP contribution in [0.5, 0.6) is 0 Å². The molecule has 3 aromatic rings. The number of nitrogens with one attached hydrogen (secondary N) is 2. The van der Waals surface area contributed by atoms with E-state index in [2.05, 4.69) is 10.6 Å². The lowest BCUT2D eigenvalue weighted by atomic mass is 10.1. The Balaban J connectivity index is 1.74. The van der Waals surface area contributed by atoms with Crippen LogP contribution in [0.1, 0.15) is 39.4 Å². The number of amides is 1. The van der Waals surface area contributed by atoms with Gasteiger partial charge in [-0.2, -0.15) is 0 Å². The number of hydrogen-bond donors (Lipinski definition) is 2. The van der Waals surface area contributed by atoms with Crippen molar-refractivity contribution in [3.8, 4) is 0 Å². The molecule has 2 N–H and O–H groups in total. The van der Waals surface area contributed by atoms with E-state index in [4.69, 9.17) is 4.74 Å². The third-order valence-corrected chi connectivity index (χ3v) is 5.71. The zero-order chi connectivity index (χ0) is 21.0. The highest BCUT2D eigenvalue weighted by Gasteiger charge is 2.25. The van der Waals surface area contributed by atoms with Gasteiger partial charge in [-0.05, 0) is 49.2 Å². The van der Waals surface area contributed by atoms with Gasteiger partial charge in [-0.15, -0.1) is 11.3 Å². The molecular formula is C22H22N2O4S. The van der Waals surface area contributed by atoms with Gasteiger partial charge in [0.05, 0.1) is 23.6 Å². The lowest BCUT2D eigenvalue weighted by Gasteiger charge is -2.09. The highest BCUT2D eigenvalue weighted by molar-refractivity contribution is 7.18. The van der Waals surface area contributed by atoms with Crippen LogP contribution < -0.4 is 10.6 Å². The molecule has 1 amide bonds. The molecule has 3 rings (SSSR count). The van der Waals surface area contributed by atoms with Gasteiger partial charge in [0.15, 0.2) is 5.78 Å². The van der Waals surface area contributed by atoms with Gasteiger partial charge in [0.1, 0.15) is 5.00 Å². The van der Waals surface area contributed by atoms with E-state index in [1.807, 2.05) is 42.5 Å². The van der Waals surface area contributed by atoms with E-state index in [1.54, 1.807) is 13.8 Å². The minimum absolute atomic E-state index is 0.0208. The van der Waals surface area contributed by atoms with Gasteiger partial charge in [-0.3, -0.25) is 9.59 Å². The SMILES string of the molecule is CCOC(=O)c1c(NC(=O)CNc2ccc3ccccc3c2)sc(C(C)=O)c1C. The Morgan fingerprint density at radius 3 is 2.48 bits per heavy atom. The summed E-state index contributed by atoms with van der Waals surface area (Å²) in [6.45, 7) is 5.05. The summed E-state index contributed by atoms with van der Waals surface area (Å²) in [5, 5.41) is 8.34. The summed E-state index contributed by atoms with van der Waals surface area (Å²) in [7, 11) is 0. The number of hydrogen-bond acceptors (Lipinski definition) is 6. The molecule has 0 spiro atoms. The van der Waals surface area contributed by atoms with Crippen molar-refractivity contribution in [3.05, 3.63) is 58.5 Å². The average Bonchev–Trinajstić information content (AvgIpc) is 3.02. The number of rotatable bonds is 7. The molecule has 0 bridgehead atoms. The molecule has 2 aromatic carbocycles. The lowest BCUT2D eigenvalue weighted by molar-refractivity contribution is -0.114. The molecule has 0 saturated carbocycles. The number of fused-ring (bicyclic) bond motifs is 1. The van der Waals surface area contributed by atoms with Crippen molar-refractivity contribution in [1.29, 1.82) is 0 Å². The molecule has 0 radical (unpaired) electrons. The lowest BCUT2D eigenvalue weighted by Crippen LogP contribution is -2.22. The predicted molar refractivity (Wildman–Crippen MR) is 116 cm³/mol. The van der Waals surface area contributed by atoms with Gasteiger partial charge >= 0.3 is 5.97 Å². The maximum Gasteiger partial charge on any atom is 0.341 e. The summed E-state index contributed by atoms with van der Waals surface area (Å²) >= 11 is 1.09. The summed E-state index contributed by atoms with van der Waals surface area (Å²) in [5.41, 5.74) is 1.58. The molecule has 0 aliphatic heterocycles. The molecule has 0 saturated heterocycles. The number of carbonyl (C=O) groups is 3. The van der Waals surface area contributed by atoms with E-state index < -0.39 is 5.97 Å². The zero-order valence-corrected chi connectivity index (χ0v) is 17.3. The molecule has 0 unspecified atom stereocenters.